The number of aromatic amines is 1. The SMILES string of the molecule is Cc1nc(-c2ncc(C)[nH]2)cc([C@@H]2CCCCN2S(C)(=O)=O)n1. The monoisotopic (exact) mass is 335 g/mol. The zero-order valence-corrected chi connectivity index (χ0v) is 14.4. The van der Waals surface area contributed by atoms with Gasteiger partial charge in [0.25, 0.3) is 0 Å². The molecule has 0 unspecified atom stereocenters. The van der Waals surface area contributed by atoms with Crippen molar-refractivity contribution in [2.24, 2.45) is 0 Å². The summed E-state index contributed by atoms with van der Waals surface area (Å²) in [5.74, 6) is 1.29. The van der Waals surface area contributed by atoms with E-state index in [2.05, 4.69) is 19.9 Å². The van der Waals surface area contributed by atoms with Crippen LogP contribution in [0.1, 0.15) is 42.5 Å². The van der Waals surface area contributed by atoms with E-state index in [1.54, 1.807) is 10.5 Å². The summed E-state index contributed by atoms with van der Waals surface area (Å²) < 4.78 is 25.7. The number of rotatable bonds is 3. The molecule has 124 valence electrons. The second-order valence-corrected chi connectivity index (χ2v) is 7.96. The second-order valence-electron chi connectivity index (χ2n) is 6.03. The van der Waals surface area contributed by atoms with Gasteiger partial charge in [0.15, 0.2) is 5.82 Å². The van der Waals surface area contributed by atoms with Gasteiger partial charge in [0.2, 0.25) is 10.0 Å². The van der Waals surface area contributed by atoms with Crippen molar-refractivity contribution in [3.05, 3.63) is 29.5 Å². The maximum absolute atomic E-state index is 12.1. The number of aryl methyl sites for hydroxylation is 2. The van der Waals surface area contributed by atoms with E-state index < -0.39 is 10.0 Å². The molecule has 0 bridgehead atoms. The molecule has 2 aromatic rings. The van der Waals surface area contributed by atoms with Crippen LogP contribution in [-0.2, 0) is 10.0 Å². The molecule has 0 aliphatic carbocycles. The highest BCUT2D eigenvalue weighted by Crippen LogP contribution is 2.32. The summed E-state index contributed by atoms with van der Waals surface area (Å²) in [4.78, 5) is 16.4. The lowest BCUT2D eigenvalue weighted by Gasteiger charge is -2.33. The Labute approximate surface area is 136 Å². The Balaban J connectivity index is 2.03. The third kappa shape index (κ3) is 3.42. The highest BCUT2D eigenvalue weighted by Gasteiger charge is 2.32. The highest BCUT2D eigenvalue weighted by atomic mass is 32.2. The largest absolute Gasteiger partial charge is 0.341 e. The van der Waals surface area contributed by atoms with E-state index in [4.69, 9.17) is 0 Å². The molecule has 1 N–H and O–H groups in total. The molecule has 2 aromatic heterocycles. The van der Waals surface area contributed by atoms with Gasteiger partial charge in [-0.2, -0.15) is 4.31 Å². The van der Waals surface area contributed by atoms with Gasteiger partial charge in [-0.3, -0.25) is 0 Å². The topological polar surface area (TPSA) is 91.8 Å². The minimum atomic E-state index is -3.26. The third-order valence-corrected chi connectivity index (χ3v) is 5.31. The predicted molar refractivity (Wildman–Crippen MR) is 87.2 cm³/mol. The lowest BCUT2D eigenvalue weighted by Crippen LogP contribution is -2.38. The Morgan fingerprint density at radius 3 is 2.70 bits per heavy atom. The van der Waals surface area contributed by atoms with Gasteiger partial charge in [-0.05, 0) is 32.8 Å². The number of H-pyrrole nitrogens is 1. The summed E-state index contributed by atoms with van der Waals surface area (Å²) in [5, 5.41) is 0. The van der Waals surface area contributed by atoms with Crippen LogP contribution in [0.4, 0.5) is 0 Å². The smallest absolute Gasteiger partial charge is 0.211 e. The van der Waals surface area contributed by atoms with Gasteiger partial charge in [-0.25, -0.2) is 23.4 Å². The fourth-order valence-corrected chi connectivity index (χ4v) is 4.16. The number of nitrogens with zero attached hydrogens (tertiary/aromatic N) is 4. The van der Waals surface area contributed by atoms with Crippen molar-refractivity contribution in [3.8, 4) is 11.5 Å². The van der Waals surface area contributed by atoms with Crippen molar-refractivity contribution < 1.29 is 8.42 Å². The normalized spacial score (nSPS) is 19.9. The summed E-state index contributed by atoms with van der Waals surface area (Å²) in [5.41, 5.74) is 2.39. The Morgan fingerprint density at radius 2 is 2.04 bits per heavy atom. The first kappa shape index (κ1) is 16.1. The first-order chi connectivity index (χ1) is 10.8. The van der Waals surface area contributed by atoms with Crippen LogP contribution in [0.3, 0.4) is 0 Å². The number of hydrogen-bond donors (Lipinski definition) is 1. The van der Waals surface area contributed by atoms with E-state index in [0.717, 1.165) is 30.7 Å². The summed E-state index contributed by atoms with van der Waals surface area (Å²) in [6.45, 7) is 4.29. The minimum absolute atomic E-state index is 0.227. The van der Waals surface area contributed by atoms with Crippen molar-refractivity contribution in [1.82, 2.24) is 24.2 Å². The van der Waals surface area contributed by atoms with Crippen LogP contribution in [0.5, 0.6) is 0 Å². The maximum Gasteiger partial charge on any atom is 0.211 e. The average molecular weight is 335 g/mol. The van der Waals surface area contributed by atoms with Crippen LogP contribution in [0.15, 0.2) is 12.3 Å². The minimum Gasteiger partial charge on any atom is -0.341 e. The molecule has 1 atom stereocenters. The van der Waals surface area contributed by atoms with Gasteiger partial charge >= 0.3 is 0 Å². The molecule has 0 saturated carbocycles. The van der Waals surface area contributed by atoms with E-state index in [1.165, 1.54) is 6.26 Å². The van der Waals surface area contributed by atoms with E-state index in [0.29, 0.717) is 23.9 Å². The molecule has 0 radical (unpaired) electrons. The van der Waals surface area contributed by atoms with Crippen LogP contribution >= 0.6 is 0 Å². The second kappa shape index (κ2) is 6.01. The molecule has 23 heavy (non-hydrogen) atoms. The highest BCUT2D eigenvalue weighted by molar-refractivity contribution is 7.88. The Hall–Kier alpha value is -1.80. The van der Waals surface area contributed by atoms with Gasteiger partial charge in [0.1, 0.15) is 11.5 Å². The average Bonchev–Trinajstić information content (AvgIpc) is 2.92. The first-order valence-corrected chi connectivity index (χ1v) is 9.54. The lowest BCUT2D eigenvalue weighted by atomic mass is 10.0. The molecule has 8 heteroatoms. The van der Waals surface area contributed by atoms with Crippen molar-refractivity contribution in [3.63, 3.8) is 0 Å². The number of hydrogen-bond acceptors (Lipinski definition) is 5. The molecular weight excluding hydrogens is 314 g/mol. The van der Waals surface area contributed by atoms with Crippen molar-refractivity contribution in [2.45, 2.75) is 39.2 Å². The molecule has 0 amide bonds. The number of sulfonamides is 1. The van der Waals surface area contributed by atoms with Crippen LogP contribution in [0, 0.1) is 13.8 Å². The summed E-state index contributed by atoms with van der Waals surface area (Å²) in [6.07, 6.45) is 5.67. The Kier molecular flexibility index (Phi) is 4.20. The zero-order chi connectivity index (χ0) is 16.6. The van der Waals surface area contributed by atoms with Gasteiger partial charge in [-0.1, -0.05) is 6.42 Å². The summed E-state index contributed by atoms with van der Waals surface area (Å²) >= 11 is 0. The van der Waals surface area contributed by atoms with Crippen LogP contribution < -0.4 is 0 Å². The quantitative estimate of drug-likeness (QED) is 0.926. The van der Waals surface area contributed by atoms with Crippen LogP contribution in [0.2, 0.25) is 0 Å². The summed E-state index contributed by atoms with van der Waals surface area (Å²) in [6, 6.07) is 1.62. The van der Waals surface area contributed by atoms with Gasteiger partial charge in [-0.15, -0.1) is 0 Å². The van der Waals surface area contributed by atoms with Gasteiger partial charge in [0.05, 0.1) is 18.0 Å². The predicted octanol–water partition coefficient (Wildman–Crippen LogP) is 1.97. The third-order valence-electron chi connectivity index (χ3n) is 4.02. The fourth-order valence-electron chi connectivity index (χ4n) is 3.02. The molecule has 1 saturated heterocycles. The molecule has 3 heterocycles. The molecule has 1 aliphatic heterocycles. The van der Waals surface area contributed by atoms with Crippen molar-refractivity contribution in [1.29, 1.82) is 0 Å². The Bertz CT molecular complexity index is 815. The zero-order valence-electron chi connectivity index (χ0n) is 13.6. The lowest BCUT2D eigenvalue weighted by molar-refractivity contribution is 0.252. The molecule has 0 spiro atoms. The molecular formula is C15H21N5O2S. The van der Waals surface area contributed by atoms with E-state index in [-0.39, 0.29) is 6.04 Å². The first-order valence-electron chi connectivity index (χ1n) is 7.69. The fraction of sp³-hybridized carbons (Fsp3) is 0.533. The molecule has 1 aliphatic rings. The van der Waals surface area contributed by atoms with Gasteiger partial charge < -0.3 is 4.98 Å². The van der Waals surface area contributed by atoms with Crippen LogP contribution in [-0.4, -0.2) is 45.5 Å². The van der Waals surface area contributed by atoms with Crippen molar-refractivity contribution >= 4 is 10.0 Å². The standard InChI is InChI=1S/C15H21N5O2S/c1-10-9-16-15(17-10)13-8-12(18-11(2)19-13)14-6-4-5-7-20(14)23(3,21)22/h8-9,14H,4-7H2,1-3H3,(H,16,17)/t14-/m0/s1. The molecule has 0 aromatic carbocycles. The van der Waals surface area contributed by atoms with E-state index in [9.17, 15) is 8.42 Å². The van der Waals surface area contributed by atoms with Crippen molar-refractivity contribution in [2.75, 3.05) is 12.8 Å². The number of imidazole rings is 1. The molecule has 3 rings (SSSR count). The molecule has 1 fully saturated rings. The van der Waals surface area contributed by atoms with Gasteiger partial charge in [0, 0.05) is 18.4 Å². The maximum atomic E-state index is 12.1. The number of aromatic nitrogens is 4. The summed E-state index contributed by atoms with van der Waals surface area (Å²) in [7, 11) is -3.26. The van der Waals surface area contributed by atoms with E-state index in [1.807, 2.05) is 19.9 Å². The number of nitrogens with one attached hydrogen (secondary N) is 1. The Morgan fingerprint density at radius 1 is 1.26 bits per heavy atom. The molecule has 7 nitrogen and oxygen atoms in total. The number of piperidine rings is 1. The van der Waals surface area contributed by atoms with E-state index >= 15 is 0 Å². The van der Waals surface area contributed by atoms with Crippen LogP contribution in [0.25, 0.3) is 11.5 Å².